The molecule has 1 N–H and O–H groups in total. The van der Waals surface area contributed by atoms with Gasteiger partial charge in [-0.3, -0.25) is 4.90 Å². The van der Waals surface area contributed by atoms with Crippen molar-refractivity contribution in [3.05, 3.63) is 0 Å². The average Bonchev–Trinajstić information content (AvgIpc) is 3.12. The number of hydrogen-bond acceptors (Lipinski definition) is 2. The van der Waals surface area contributed by atoms with Gasteiger partial charge in [0.15, 0.2) is 0 Å². The molecule has 0 aromatic heterocycles. The van der Waals surface area contributed by atoms with E-state index in [1.165, 1.54) is 45.3 Å². The van der Waals surface area contributed by atoms with E-state index >= 15 is 0 Å². The van der Waals surface area contributed by atoms with Gasteiger partial charge in [0.05, 0.1) is 0 Å². The highest BCUT2D eigenvalue weighted by atomic mass is 15.2. The zero-order chi connectivity index (χ0) is 13.1. The van der Waals surface area contributed by atoms with Crippen LogP contribution in [0.3, 0.4) is 0 Å². The average molecular weight is 252 g/mol. The van der Waals surface area contributed by atoms with E-state index in [1.54, 1.807) is 0 Å². The van der Waals surface area contributed by atoms with E-state index in [1.807, 2.05) is 0 Å². The topological polar surface area (TPSA) is 15.3 Å². The monoisotopic (exact) mass is 252 g/mol. The molecule has 3 atom stereocenters. The van der Waals surface area contributed by atoms with Crippen LogP contribution in [0.1, 0.15) is 53.4 Å². The van der Waals surface area contributed by atoms with E-state index in [9.17, 15) is 0 Å². The second-order valence-electron chi connectivity index (χ2n) is 7.01. The van der Waals surface area contributed by atoms with Crippen molar-refractivity contribution in [2.75, 3.05) is 19.6 Å². The van der Waals surface area contributed by atoms with Crippen LogP contribution >= 0.6 is 0 Å². The van der Waals surface area contributed by atoms with Crippen molar-refractivity contribution in [2.45, 2.75) is 65.5 Å². The van der Waals surface area contributed by atoms with Crippen molar-refractivity contribution in [1.82, 2.24) is 10.2 Å². The van der Waals surface area contributed by atoms with Crippen LogP contribution < -0.4 is 5.32 Å². The second kappa shape index (κ2) is 6.38. The van der Waals surface area contributed by atoms with Crippen molar-refractivity contribution >= 4 is 0 Å². The molecule has 1 aliphatic carbocycles. The Morgan fingerprint density at radius 2 is 1.94 bits per heavy atom. The minimum Gasteiger partial charge on any atom is -0.311 e. The molecule has 0 spiro atoms. The Morgan fingerprint density at radius 3 is 2.50 bits per heavy atom. The largest absolute Gasteiger partial charge is 0.311 e. The minimum absolute atomic E-state index is 0.749. The molecule has 2 rings (SSSR count). The Balaban J connectivity index is 1.90. The molecule has 0 aromatic carbocycles. The third-order valence-corrected chi connectivity index (χ3v) is 4.78. The molecule has 2 aliphatic rings. The van der Waals surface area contributed by atoms with Crippen LogP contribution in [0.2, 0.25) is 0 Å². The van der Waals surface area contributed by atoms with E-state index in [0.29, 0.717) is 0 Å². The first-order chi connectivity index (χ1) is 8.61. The van der Waals surface area contributed by atoms with Gasteiger partial charge in [-0.2, -0.15) is 0 Å². The molecule has 0 aromatic rings. The van der Waals surface area contributed by atoms with Crippen LogP contribution in [0.15, 0.2) is 0 Å². The van der Waals surface area contributed by atoms with Gasteiger partial charge in [0.1, 0.15) is 0 Å². The van der Waals surface area contributed by atoms with E-state index in [4.69, 9.17) is 0 Å². The third-order valence-electron chi connectivity index (χ3n) is 4.78. The summed E-state index contributed by atoms with van der Waals surface area (Å²) in [5.74, 6) is 2.61. The summed E-state index contributed by atoms with van der Waals surface area (Å²) >= 11 is 0. The molecule has 106 valence electrons. The van der Waals surface area contributed by atoms with Crippen molar-refractivity contribution in [2.24, 2.45) is 17.8 Å². The number of rotatable bonds is 6. The van der Waals surface area contributed by atoms with Crippen LogP contribution in [0.5, 0.6) is 0 Å². The second-order valence-corrected chi connectivity index (χ2v) is 7.01. The predicted octanol–water partition coefficient (Wildman–Crippen LogP) is 3.13. The Morgan fingerprint density at radius 1 is 1.22 bits per heavy atom. The number of piperazine rings is 1. The lowest BCUT2D eigenvalue weighted by Gasteiger charge is -2.43. The third kappa shape index (κ3) is 3.71. The van der Waals surface area contributed by atoms with Gasteiger partial charge in [-0.1, -0.05) is 34.1 Å². The normalized spacial score (nSPS) is 31.8. The fourth-order valence-corrected chi connectivity index (χ4v) is 3.52. The number of nitrogens with one attached hydrogen (secondary N) is 1. The van der Waals surface area contributed by atoms with Gasteiger partial charge in [-0.05, 0) is 37.0 Å². The first kappa shape index (κ1) is 14.3. The van der Waals surface area contributed by atoms with E-state index in [0.717, 1.165) is 29.8 Å². The van der Waals surface area contributed by atoms with Crippen molar-refractivity contribution in [1.29, 1.82) is 0 Å². The van der Waals surface area contributed by atoms with E-state index < -0.39 is 0 Å². The maximum atomic E-state index is 3.81. The van der Waals surface area contributed by atoms with Crippen LogP contribution in [-0.4, -0.2) is 36.6 Å². The van der Waals surface area contributed by atoms with Gasteiger partial charge >= 0.3 is 0 Å². The fourth-order valence-electron chi connectivity index (χ4n) is 3.52. The highest BCUT2D eigenvalue weighted by Gasteiger charge is 2.38. The summed E-state index contributed by atoms with van der Waals surface area (Å²) < 4.78 is 0. The Hall–Kier alpha value is -0.0800. The van der Waals surface area contributed by atoms with Crippen molar-refractivity contribution < 1.29 is 0 Å². The molecule has 3 unspecified atom stereocenters. The highest BCUT2D eigenvalue weighted by molar-refractivity contribution is 4.95. The molecule has 2 fully saturated rings. The first-order valence-electron chi connectivity index (χ1n) is 8.09. The molecule has 2 heteroatoms. The van der Waals surface area contributed by atoms with Crippen LogP contribution in [0, 0.1) is 17.8 Å². The summed E-state index contributed by atoms with van der Waals surface area (Å²) in [4.78, 5) is 2.80. The summed E-state index contributed by atoms with van der Waals surface area (Å²) in [5, 5.41) is 3.81. The van der Waals surface area contributed by atoms with Crippen LogP contribution in [0.25, 0.3) is 0 Å². The SMILES string of the molecule is CCCC(C)CN1CC(C2CC2)NCC1C(C)C. The minimum atomic E-state index is 0.749. The smallest absolute Gasteiger partial charge is 0.0244 e. The summed E-state index contributed by atoms with van der Waals surface area (Å²) in [6.07, 6.45) is 5.62. The number of nitrogens with zero attached hydrogens (tertiary/aromatic N) is 1. The van der Waals surface area contributed by atoms with Gasteiger partial charge in [0.25, 0.3) is 0 Å². The van der Waals surface area contributed by atoms with E-state index in [-0.39, 0.29) is 0 Å². The molecule has 0 bridgehead atoms. The van der Waals surface area contributed by atoms with Gasteiger partial charge in [-0.15, -0.1) is 0 Å². The van der Waals surface area contributed by atoms with Crippen LogP contribution in [-0.2, 0) is 0 Å². The van der Waals surface area contributed by atoms with E-state index in [2.05, 4.69) is 37.9 Å². The molecule has 1 heterocycles. The van der Waals surface area contributed by atoms with Crippen LogP contribution in [0.4, 0.5) is 0 Å². The Kier molecular flexibility index (Phi) is 5.08. The molecule has 18 heavy (non-hydrogen) atoms. The molecular formula is C16H32N2. The van der Waals surface area contributed by atoms with Gasteiger partial charge in [-0.25, -0.2) is 0 Å². The molecule has 1 aliphatic heterocycles. The summed E-state index contributed by atoms with van der Waals surface area (Å²) in [6.45, 7) is 13.3. The molecule has 2 nitrogen and oxygen atoms in total. The lowest BCUT2D eigenvalue weighted by Crippen LogP contribution is -2.59. The quantitative estimate of drug-likeness (QED) is 0.781. The lowest BCUT2D eigenvalue weighted by molar-refractivity contribution is 0.0771. The maximum Gasteiger partial charge on any atom is 0.0244 e. The first-order valence-corrected chi connectivity index (χ1v) is 8.09. The zero-order valence-corrected chi connectivity index (χ0v) is 12.8. The van der Waals surface area contributed by atoms with Crippen molar-refractivity contribution in [3.8, 4) is 0 Å². The summed E-state index contributed by atoms with van der Waals surface area (Å²) in [6, 6.07) is 1.54. The molecule has 0 amide bonds. The molecule has 0 radical (unpaired) electrons. The maximum absolute atomic E-state index is 3.81. The Bertz CT molecular complexity index is 247. The van der Waals surface area contributed by atoms with Gasteiger partial charge in [0, 0.05) is 31.7 Å². The number of hydrogen-bond donors (Lipinski definition) is 1. The lowest BCUT2D eigenvalue weighted by atomic mass is 9.94. The summed E-state index contributed by atoms with van der Waals surface area (Å²) in [5.41, 5.74) is 0. The summed E-state index contributed by atoms with van der Waals surface area (Å²) in [7, 11) is 0. The van der Waals surface area contributed by atoms with Gasteiger partial charge in [0.2, 0.25) is 0 Å². The van der Waals surface area contributed by atoms with Crippen molar-refractivity contribution in [3.63, 3.8) is 0 Å². The predicted molar refractivity (Wildman–Crippen MR) is 78.8 cm³/mol. The highest BCUT2D eigenvalue weighted by Crippen LogP contribution is 2.35. The fraction of sp³-hybridized carbons (Fsp3) is 1.00. The molecule has 1 saturated carbocycles. The molecular weight excluding hydrogens is 220 g/mol. The molecule has 1 saturated heterocycles. The van der Waals surface area contributed by atoms with Gasteiger partial charge < -0.3 is 5.32 Å². The Labute approximate surface area is 114 Å². The standard InChI is InChI=1S/C16H32N2/c1-5-6-13(4)10-18-11-15(14-7-8-14)17-9-16(18)12(2)3/h12-17H,5-11H2,1-4H3. The zero-order valence-electron chi connectivity index (χ0n) is 12.8.